The number of hydrogen-bond donors (Lipinski definition) is 0. The van der Waals surface area contributed by atoms with Gasteiger partial charge in [0.1, 0.15) is 13.5 Å². The summed E-state index contributed by atoms with van der Waals surface area (Å²) in [7, 11) is -2.44. The van der Waals surface area contributed by atoms with E-state index in [1.165, 1.54) is 12.1 Å². The molecule has 0 radical (unpaired) electrons. The summed E-state index contributed by atoms with van der Waals surface area (Å²) in [6, 6.07) is 4.63. The Balaban J connectivity index is 2.19. The highest BCUT2D eigenvalue weighted by Crippen LogP contribution is 2.35. The first-order valence-electron chi connectivity index (χ1n) is 5.40. The van der Waals surface area contributed by atoms with Crippen LogP contribution in [0.4, 0.5) is 13.2 Å². The first-order chi connectivity index (χ1) is 9.49. The van der Waals surface area contributed by atoms with Crippen molar-refractivity contribution in [1.29, 1.82) is 0 Å². The maximum Gasteiger partial charge on any atom is 0.545 e. The van der Waals surface area contributed by atoms with Crippen molar-refractivity contribution < 1.29 is 22.2 Å². The van der Waals surface area contributed by atoms with Gasteiger partial charge in [0.05, 0.1) is 12.2 Å². The largest absolute Gasteiger partial charge is 0.545 e. The molecule has 0 amide bonds. The van der Waals surface area contributed by atoms with Gasteiger partial charge in [-0.15, -0.1) is 0 Å². The third kappa shape index (κ3) is 4.29. The first kappa shape index (κ1) is 15.5. The van der Waals surface area contributed by atoms with E-state index in [1.54, 1.807) is 0 Å². The van der Waals surface area contributed by atoms with Gasteiger partial charge < -0.3 is 0 Å². The van der Waals surface area contributed by atoms with E-state index in [0.29, 0.717) is 15.1 Å². The Morgan fingerprint density at radius 1 is 1.25 bits per heavy atom. The molecule has 5 nitrogen and oxygen atoms in total. The zero-order chi connectivity index (χ0) is 14.6. The number of aromatic nitrogens is 3. The second kappa shape index (κ2) is 6.68. The maximum absolute atomic E-state index is 12.6. The van der Waals surface area contributed by atoms with Crippen LogP contribution >= 0.6 is 24.7 Å². The average molecular weight is 341 g/mol. The normalized spacial score (nSPS) is 13.6. The van der Waals surface area contributed by atoms with Gasteiger partial charge in [-0.3, -0.25) is 4.52 Å². The Labute approximate surface area is 116 Å². The molecule has 2 atom stereocenters. The van der Waals surface area contributed by atoms with Crippen LogP contribution in [0.3, 0.4) is 0 Å². The van der Waals surface area contributed by atoms with E-state index in [-0.39, 0.29) is 5.75 Å². The summed E-state index contributed by atoms with van der Waals surface area (Å²) in [5.74, 6) is 0.0852. The Hall–Kier alpha value is -0.930. The summed E-state index contributed by atoms with van der Waals surface area (Å²) in [6.07, 6.45) is -4.40. The molecule has 0 aliphatic rings. The molecule has 1 aromatic heterocycles. The number of nitrogens with zero attached hydrogens (tertiary/aromatic N) is 3. The predicted molar refractivity (Wildman–Crippen MR) is 71.2 cm³/mol. The van der Waals surface area contributed by atoms with Crippen molar-refractivity contribution in [2.45, 2.75) is 13.1 Å². The van der Waals surface area contributed by atoms with Gasteiger partial charge in [-0.05, 0) is 25.1 Å². The van der Waals surface area contributed by atoms with E-state index in [0.717, 1.165) is 12.1 Å². The summed E-state index contributed by atoms with van der Waals surface area (Å²) in [6.45, 7) is 2.27. The molecule has 0 aliphatic carbocycles. The molecule has 0 saturated carbocycles. The molecule has 1 aromatic carbocycles. The minimum Gasteiger partial charge on any atom is -0.297 e. The maximum atomic E-state index is 12.6. The summed E-state index contributed by atoms with van der Waals surface area (Å²) < 4.78 is 60.5. The lowest BCUT2D eigenvalue weighted by Gasteiger charge is -2.05. The smallest absolute Gasteiger partial charge is 0.297 e. The number of benzene rings is 1. The fourth-order valence-corrected chi connectivity index (χ4v) is 4.92. The van der Waals surface area contributed by atoms with Crippen LogP contribution in [0.1, 0.15) is 12.5 Å². The number of alkyl halides is 3. The van der Waals surface area contributed by atoms with Crippen molar-refractivity contribution in [2.24, 2.45) is 0 Å². The number of halogens is 3. The van der Waals surface area contributed by atoms with Gasteiger partial charge in [0, 0.05) is 0 Å². The number of hydrogen-bond acceptors (Lipinski definition) is 5. The lowest BCUT2D eigenvalue weighted by atomic mass is 10.2. The van der Waals surface area contributed by atoms with E-state index in [1.807, 2.05) is 6.92 Å². The van der Waals surface area contributed by atoms with Gasteiger partial charge in [0.15, 0.2) is 5.75 Å². The lowest BCUT2D eigenvalue weighted by Crippen LogP contribution is -2.04. The monoisotopic (exact) mass is 341 g/mol. The first-order valence-corrected chi connectivity index (χ1v) is 8.53. The van der Waals surface area contributed by atoms with Crippen LogP contribution in [0.25, 0.3) is 0 Å². The molecule has 0 spiro atoms. The summed E-state index contributed by atoms with van der Waals surface area (Å²) in [4.78, 5) is 0. The molecule has 1 heterocycles. The van der Waals surface area contributed by atoms with Gasteiger partial charge in [-0.25, -0.2) is 0 Å². The van der Waals surface area contributed by atoms with E-state index >= 15 is 0 Å². The molecular weight excluding hydrogens is 332 g/mol. The Morgan fingerprint density at radius 3 is 2.70 bits per heavy atom. The molecule has 2 rings (SSSR count). The zero-order valence-electron chi connectivity index (χ0n) is 10.2. The molecule has 0 bridgehead atoms. The number of rotatable bonds is 4. The highest BCUT2D eigenvalue weighted by Gasteiger charge is 2.31. The van der Waals surface area contributed by atoms with Gasteiger partial charge in [0.25, 0.3) is 0 Å². The van der Waals surface area contributed by atoms with Crippen LogP contribution in [-0.4, -0.2) is 20.1 Å². The molecule has 0 saturated heterocycles. The lowest BCUT2D eigenvalue weighted by molar-refractivity contribution is -0.137. The van der Waals surface area contributed by atoms with E-state index in [9.17, 15) is 13.2 Å². The molecule has 0 fully saturated rings. The van der Waals surface area contributed by atoms with Crippen molar-refractivity contribution in [3.63, 3.8) is 0 Å². The highest BCUT2D eigenvalue weighted by molar-refractivity contribution is 7.55. The molecule has 0 aliphatic heterocycles. The fourth-order valence-electron chi connectivity index (χ4n) is 1.21. The highest BCUT2D eigenvalue weighted by atomic mass is 31.2. The molecule has 11 heteroatoms. The Morgan fingerprint density at radius 2 is 2.00 bits per heavy atom. The standard InChI is InChI=1S/C9H9F3N3O2P3/c1-2-16-19-13-18-14-20(15-19)17-8-5-3-4-7(6-8)9(10,11)12/h3-6H,2H2,1H3/q+2. The summed E-state index contributed by atoms with van der Waals surface area (Å²) >= 11 is 0. The third-order valence-corrected chi connectivity index (χ3v) is 5.93. The van der Waals surface area contributed by atoms with E-state index in [2.05, 4.69) is 13.5 Å². The topological polar surface area (TPSA) is 57.1 Å². The van der Waals surface area contributed by atoms with Gasteiger partial charge >= 0.3 is 30.8 Å². The second-order valence-corrected chi connectivity index (χ2v) is 7.18. The average Bonchev–Trinajstić information content (AvgIpc) is 2.39. The van der Waals surface area contributed by atoms with Crippen molar-refractivity contribution in [2.75, 3.05) is 6.61 Å². The van der Waals surface area contributed by atoms with E-state index in [4.69, 9.17) is 9.05 Å². The second-order valence-electron chi connectivity index (χ2n) is 3.40. The summed E-state index contributed by atoms with van der Waals surface area (Å²) in [5.41, 5.74) is -0.767. The van der Waals surface area contributed by atoms with Gasteiger partial charge in [-0.2, -0.15) is 17.7 Å². The van der Waals surface area contributed by atoms with Crippen LogP contribution in [0.2, 0.25) is 0 Å². The van der Waals surface area contributed by atoms with Crippen LogP contribution in [-0.2, 0) is 6.18 Å². The minimum absolute atomic E-state index is 0.0852. The molecule has 0 N–H and O–H groups in total. The van der Waals surface area contributed by atoms with E-state index < -0.39 is 27.9 Å². The Bertz CT molecular complexity index is 600. The zero-order valence-corrected chi connectivity index (χ0v) is 12.8. The predicted octanol–water partition coefficient (Wildman–Crippen LogP) is 4.30. The quantitative estimate of drug-likeness (QED) is 0.830. The molecular formula is C9H9F3N3O2P3+2. The van der Waals surface area contributed by atoms with Crippen LogP contribution in [0, 0.1) is 0 Å². The van der Waals surface area contributed by atoms with Crippen LogP contribution in [0.5, 0.6) is 5.75 Å². The molecule has 106 valence electrons. The van der Waals surface area contributed by atoms with Crippen LogP contribution in [0.15, 0.2) is 24.3 Å². The van der Waals surface area contributed by atoms with Crippen molar-refractivity contribution in [3.8, 4) is 5.75 Å². The molecule has 2 unspecified atom stereocenters. The summed E-state index contributed by atoms with van der Waals surface area (Å²) in [5, 5.41) is 0. The SMILES string of the molecule is CCO[p+]1npn[p+](Oc2cccc(C(F)(F)F)c2)n1. The molecule has 2 aromatic rings. The van der Waals surface area contributed by atoms with Gasteiger partial charge in [-0.1, -0.05) is 6.07 Å². The van der Waals surface area contributed by atoms with Crippen LogP contribution < -0.4 is 9.05 Å². The van der Waals surface area contributed by atoms with Gasteiger partial charge in [0.2, 0.25) is 0 Å². The van der Waals surface area contributed by atoms with Crippen molar-refractivity contribution in [1.82, 2.24) is 13.5 Å². The third-order valence-electron chi connectivity index (χ3n) is 1.98. The van der Waals surface area contributed by atoms with Crippen molar-refractivity contribution >= 4 is 24.7 Å². The Kier molecular flexibility index (Phi) is 5.17. The fraction of sp³-hybridized carbons (Fsp3) is 0.333. The molecule has 20 heavy (non-hydrogen) atoms. The minimum atomic E-state index is -4.40. The van der Waals surface area contributed by atoms with Crippen molar-refractivity contribution in [3.05, 3.63) is 29.8 Å².